The summed E-state index contributed by atoms with van der Waals surface area (Å²) in [5.41, 5.74) is 2.55. The van der Waals surface area contributed by atoms with Gasteiger partial charge in [-0.15, -0.1) is 0 Å². The van der Waals surface area contributed by atoms with Crippen LogP contribution in [0, 0.1) is 5.92 Å². The number of carbonyl (C=O) groups excluding carboxylic acids is 2. The van der Waals surface area contributed by atoms with Crippen molar-refractivity contribution in [1.29, 1.82) is 0 Å². The molecule has 1 aromatic carbocycles. The van der Waals surface area contributed by atoms with E-state index < -0.39 is 17.8 Å². The van der Waals surface area contributed by atoms with Crippen LogP contribution in [-0.2, 0) is 14.3 Å². The molecule has 1 N–H and O–H groups in total. The van der Waals surface area contributed by atoms with Crippen LogP contribution in [0.25, 0.3) is 0 Å². The number of allylic oxidation sites excluding steroid dienone is 3. The maximum absolute atomic E-state index is 12.9. The molecule has 2 aliphatic rings. The maximum Gasteiger partial charge on any atom is 0.336 e. The lowest BCUT2D eigenvalue weighted by Crippen LogP contribution is -2.40. The maximum atomic E-state index is 12.9. The first-order valence-electron chi connectivity index (χ1n) is 9.05. The molecule has 0 fully saturated rings. The van der Waals surface area contributed by atoms with Crippen LogP contribution in [0.4, 0.5) is 0 Å². The molecule has 2 atom stereocenters. The minimum atomic E-state index is -0.553. The van der Waals surface area contributed by atoms with Gasteiger partial charge in [0.1, 0.15) is 11.5 Å². The SMILES string of the molecule is COC(=O)C1=C(C)NC2=CCCC(=O)C2C1c1cc(OC)c(OC)cc1OC. The van der Waals surface area contributed by atoms with Crippen molar-refractivity contribution in [2.45, 2.75) is 25.7 Å². The van der Waals surface area contributed by atoms with Gasteiger partial charge in [-0.05, 0) is 19.4 Å². The Hall–Kier alpha value is -2.96. The van der Waals surface area contributed by atoms with Crippen LogP contribution in [0.5, 0.6) is 17.2 Å². The van der Waals surface area contributed by atoms with Crippen LogP contribution in [0.1, 0.15) is 31.2 Å². The summed E-state index contributed by atoms with van der Waals surface area (Å²) >= 11 is 0. The van der Waals surface area contributed by atoms with Crippen molar-refractivity contribution >= 4 is 11.8 Å². The number of carbonyl (C=O) groups is 2. The number of fused-ring (bicyclic) bond motifs is 1. The van der Waals surface area contributed by atoms with Gasteiger partial charge in [0.05, 0.1) is 39.9 Å². The second-order valence-corrected chi connectivity index (χ2v) is 6.72. The second-order valence-electron chi connectivity index (χ2n) is 6.72. The smallest absolute Gasteiger partial charge is 0.336 e. The van der Waals surface area contributed by atoms with Gasteiger partial charge in [0.2, 0.25) is 0 Å². The van der Waals surface area contributed by atoms with E-state index >= 15 is 0 Å². The zero-order valence-electron chi connectivity index (χ0n) is 16.8. The molecule has 1 aliphatic carbocycles. The summed E-state index contributed by atoms with van der Waals surface area (Å²) < 4.78 is 21.4. The minimum absolute atomic E-state index is 0.0701. The van der Waals surface area contributed by atoms with Crippen molar-refractivity contribution in [3.05, 3.63) is 40.7 Å². The predicted octanol–water partition coefficient (Wildman–Crippen LogP) is 2.71. The highest BCUT2D eigenvalue weighted by atomic mass is 16.5. The lowest BCUT2D eigenvalue weighted by molar-refractivity contribution is -0.136. The minimum Gasteiger partial charge on any atom is -0.496 e. The van der Waals surface area contributed by atoms with E-state index in [1.54, 1.807) is 19.2 Å². The molecule has 7 nitrogen and oxygen atoms in total. The predicted molar refractivity (Wildman–Crippen MR) is 103 cm³/mol. The highest BCUT2D eigenvalue weighted by molar-refractivity contribution is 5.96. The van der Waals surface area contributed by atoms with Gasteiger partial charge in [-0.2, -0.15) is 0 Å². The Morgan fingerprint density at radius 1 is 1.00 bits per heavy atom. The Kier molecular flexibility index (Phi) is 5.63. The standard InChI is InChI=1S/C21H25NO6/c1-11-18(21(24)28-5)19(20-13(22-11)7-6-8-14(20)23)12-9-16(26-3)17(27-4)10-15(12)25-2/h7,9-10,19-20,22H,6,8H2,1-5H3. The molecular weight excluding hydrogens is 362 g/mol. The quantitative estimate of drug-likeness (QED) is 0.778. The zero-order chi connectivity index (χ0) is 20.4. The van der Waals surface area contributed by atoms with Crippen molar-refractivity contribution in [2.75, 3.05) is 28.4 Å². The third-order valence-corrected chi connectivity index (χ3v) is 5.29. The van der Waals surface area contributed by atoms with Crippen molar-refractivity contribution in [3.63, 3.8) is 0 Å². The third kappa shape index (κ3) is 3.21. The van der Waals surface area contributed by atoms with Crippen LogP contribution in [-0.4, -0.2) is 40.2 Å². The molecule has 0 saturated carbocycles. The highest BCUT2D eigenvalue weighted by Gasteiger charge is 2.44. The average molecular weight is 387 g/mol. The third-order valence-electron chi connectivity index (χ3n) is 5.29. The normalized spacial score (nSPS) is 21.3. The lowest BCUT2D eigenvalue weighted by Gasteiger charge is -2.38. The molecule has 0 bridgehead atoms. The molecule has 0 amide bonds. The Labute approximate surface area is 164 Å². The molecule has 0 spiro atoms. The number of methoxy groups -OCH3 is 4. The fourth-order valence-corrected chi connectivity index (χ4v) is 4.02. The van der Waals surface area contributed by atoms with Gasteiger partial charge in [-0.25, -0.2) is 4.79 Å². The van der Waals surface area contributed by atoms with Gasteiger partial charge >= 0.3 is 5.97 Å². The van der Waals surface area contributed by atoms with Crippen molar-refractivity contribution < 1.29 is 28.5 Å². The van der Waals surface area contributed by atoms with E-state index in [0.29, 0.717) is 46.9 Å². The largest absolute Gasteiger partial charge is 0.496 e. The Morgan fingerprint density at radius 2 is 1.64 bits per heavy atom. The summed E-state index contributed by atoms with van der Waals surface area (Å²) in [6.07, 6.45) is 3.12. The first-order valence-corrected chi connectivity index (χ1v) is 9.05. The van der Waals surface area contributed by atoms with Gasteiger partial charge in [0.15, 0.2) is 11.5 Å². The van der Waals surface area contributed by atoms with Crippen molar-refractivity contribution in [1.82, 2.24) is 5.32 Å². The van der Waals surface area contributed by atoms with E-state index in [1.807, 2.05) is 13.0 Å². The van der Waals surface area contributed by atoms with Crippen molar-refractivity contribution in [2.24, 2.45) is 5.92 Å². The summed E-state index contributed by atoms with van der Waals surface area (Å²) in [5, 5.41) is 3.22. The number of nitrogens with one attached hydrogen (secondary N) is 1. The van der Waals surface area contributed by atoms with E-state index in [-0.39, 0.29) is 5.78 Å². The van der Waals surface area contributed by atoms with E-state index in [1.165, 1.54) is 21.3 Å². The molecule has 0 radical (unpaired) electrons. The monoisotopic (exact) mass is 387 g/mol. The highest BCUT2D eigenvalue weighted by Crippen LogP contribution is 2.49. The number of Topliss-reactive ketones (excluding diaryl/α,β-unsaturated/α-hetero) is 1. The summed E-state index contributed by atoms with van der Waals surface area (Å²) in [7, 11) is 5.95. The van der Waals surface area contributed by atoms with Crippen LogP contribution in [0.3, 0.4) is 0 Å². The van der Waals surface area contributed by atoms with Gasteiger partial charge in [-0.3, -0.25) is 4.79 Å². The number of hydrogen-bond acceptors (Lipinski definition) is 7. The van der Waals surface area contributed by atoms with E-state index in [4.69, 9.17) is 18.9 Å². The van der Waals surface area contributed by atoms with Gasteiger partial charge in [-0.1, -0.05) is 6.08 Å². The molecule has 1 heterocycles. The summed E-state index contributed by atoms with van der Waals surface area (Å²) in [6, 6.07) is 3.47. The lowest BCUT2D eigenvalue weighted by atomic mass is 9.70. The fourth-order valence-electron chi connectivity index (χ4n) is 4.02. The van der Waals surface area contributed by atoms with E-state index in [0.717, 1.165) is 5.70 Å². The zero-order valence-corrected chi connectivity index (χ0v) is 16.8. The fraction of sp³-hybridized carbons (Fsp3) is 0.429. The molecule has 1 aromatic rings. The number of benzene rings is 1. The molecule has 0 saturated heterocycles. The second kappa shape index (κ2) is 7.96. The van der Waals surface area contributed by atoms with Gasteiger partial charge in [0.25, 0.3) is 0 Å². The molecule has 28 heavy (non-hydrogen) atoms. The molecule has 0 aromatic heterocycles. The van der Waals surface area contributed by atoms with Crippen LogP contribution in [0.15, 0.2) is 35.2 Å². The summed E-state index contributed by atoms with van der Waals surface area (Å²) in [4.78, 5) is 25.6. The molecule has 150 valence electrons. The Morgan fingerprint density at radius 3 is 2.25 bits per heavy atom. The molecule has 7 heteroatoms. The Bertz CT molecular complexity index is 870. The topological polar surface area (TPSA) is 83.1 Å². The van der Waals surface area contributed by atoms with Crippen molar-refractivity contribution in [3.8, 4) is 17.2 Å². The Balaban J connectivity index is 2.29. The van der Waals surface area contributed by atoms with E-state index in [2.05, 4.69) is 5.32 Å². The van der Waals surface area contributed by atoms with Crippen LogP contribution in [0.2, 0.25) is 0 Å². The number of ether oxygens (including phenoxy) is 4. The molecular formula is C21H25NO6. The molecule has 3 rings (SSSR count). The average Bonchev–Trinajstić information content (AvgIpc) is 2.71. The number of hydrogen-bond donors (Lipinski definition) is 1. The van der Waals surface area contributed by atoms with Crippen LogP contribution >= 0.6 is 0 Å². The number of esters is 1. The number of rotatable bonds is 5. The van der Waals surface area contributed by atoms with Gasteiger partial charge in [0, 0.05) is 35.4 Å². The van der Waals surface area contributed by atoms with E-state index in [9.17, 15) is 9.59 Å². The number of ketones is 1. The summed E-state index contributed by atoms with van der Waals surface area (Å²) in [5.74, 6) is 0.0260. The first kappa shape index (κ1) is 19.8. The first-order chi connectivity index (χ1) is 13.5. The molecule has 2 unspecified atom stereocenters. The van der Waals surface area contributed by atoms with Crippen LogP contribution < -0.4 is 19.5 Å². The summed E-state index contributed by atoms with van der Waals surface area (Å²) in [6.45, 7) is 1.81. The molecule has 1 aliphatic heterocycles. The van der Waals surface area contributed by atoms with Gasteiger partial charge < -0.3 is 24.3 Å².